The summed E-state index contributed by atoms with van der Waals surface area (Å²) in [7, 11) is 0. The van der Waals surface area contributed by atoms with Gasteiger partial charge in [0.15, 0.2) is 0 Å². The molecular weight excluding hydrogens is 321 g/mol. The standard InChI is InChI=1S/C11H16INO3/c1-8(14)5-3-2-4-6-13-10(15)7-9(12)11(13)16/h9H,2-7H2,1H3. The average molecular weight is 337 g/mol. The highest BCUT2D eigenvalue weighted by molar-refractivity contribution is 14.1. The van der Waals surface area contributed by atoms with Crippen LogP contribution in [0.5, 0.6) is 0 Å². The minimum atomic E-state index is -0.178. The fourth-order valence-electron chi connectivity index (χ4n) is 1.70. The van der Waals surface area contributed by atoms with Gasteiger partial charge in [-0.25, -0.2) is 0 Å². The Balaban J connectivity index is 2.20. The summed E-state index contributed by atoms with van der Waals surface area (Å²) in [6.45, 7) is 2.09. The summed E-state index contributed by atoms with van der Waals surface area (Å²) in [6.07, 6.45) is 3.47. The van der Waals surface area contributed by atoms with E-state index in [0.717, 1.165) is 19.3 Å². The second-order valence-electron chi connectivity index (χ2n) is 4.07. The number of imide groups is 1. The van der Waals surface area contributed by atoms with Crippen molar-refractivity contribution in [1.29, 1.82) is 0 Å². The van der Waals surface area contributed by atoms with Crippen LogP contribution in [-0.4, -0.2) is 33.0 Å². The van der Waals surface area contributed by atoms with Crippen molar-refractivity contribution in [3.05, 3.63) is 0 Å². The number of Topliss-reactive ketones (excluding diaryl/α,β-unsaturated/α-hetero) is 1. The molecule has 1 atom stereocenters. The number of unbranched alkanes of at least 4 members (excludes halogenated alkanes) is 2. The van der Waals surface area contributed by atoms with Crippen molar-refractivity contribution in [1.82, 2.24) is 4.90 Å². The van der Waals surface area contributed by atoms with Crippen molar-refractivity contribution in [2.24, 2.45) is 0 Å². The maximum absolute atomic E-state index is 11.5. The number of alkyl halides is 1. The molecule has 0 aromatic rings. The predicted molar refractivity (Wildman–Crippen MR) is 68.3 cm³/mol. The summed E-state index contributed by atoms with van der Waals surface area (Å²) < 4.78 is -0.178. The largest absolute Gasteiger partial charge is 0.300 e. The van der Waals surface area contributed by atoms with E-state index in [9.17, 15) is 14.4 Å². The van der Waals surface area contributed by atoms with Gasteiger partial charge in [-0.3, -0.25) is 14.5 Å². The summed E-state index contributed by atoms with van der Waals surface area (Å²) in [5.41, 5.74) is 0. The molecule has 0 bridgehead atoms. The SMILES string of the molecule is CC(=O)CCCCCN1C(=O)CC(I)C1=O. The van der Waals surface area contributed by atoms with Gasteiger partial charge in [0.1, 0.15) is 5.78 Å². The quantitative estimate of drug-likeness (QED) is 0.321. The normalized spacial score (nSPS) is 20.6. The Labute approximate surface area is 109 Å². The first-order valence-electron chi connectivity index (χ1n) is 5.50. The molecular formula is C11H16INO3. The van der Waals surface area contributed by atoms with E-state index < -0.39 is 0 Å². The molecule has 1 aliphatic heterocycles. The molecule has 0 aromatic heterocycles. The molecule has 0 spiro atoms. The van der Waals surface area contributed by atoms with Gasteiger partial charge in [-0.05, 0) is 19.8 Å². The van der Waals surface area contributed by atoms with Crippen molar-refractivity contribution in [3.63, 3.8) is 0 Å². The van der Waals surface area contributed by atoms with Gasteiger partial charge in [-0.15, -0.1) is 0 Å². The van der Waals surface area contributed by atoms with Crippen molar-refractivity contribution in [2.45, 2.75) is 43.0 Å². The predicted octanol–water partition coefficient (Wildman–Crippen LogP) is 1.70. The number of rotatable bonds is 6. The Morgan fingerprint density at radius 1 is 1.38 bits per heavy atom. The summed E-state index contributed by atoms with van der Waals surface area (Å²) >= 11 is 2.01. The minimum absolute atomic E-state index is 0.0582. The third-order valence-corrected chi connectivity index (χ3v) is 3.57. The first kappa shape index (κ1) is 13.6. The van der Waals surface area contributed by atoms with Crippen LogP contribution in [0.1, 0.15) is 39.0 Å². The van der Waals surface area contributed by atoms with Crippen LogP contribution in [0.3, 0.4) is 0 Å². The first-order chi connectivity index (χ1) is 7.52. The van der Waals surface area contributed by atoms with Crippen molar-refractivity contribution in [2.75, 3.05) is 6.54 Å². The van der Waals surface area contributed by atoms with Crippen LogP contribution in [0.25, 0.3) is 0 Å². The van der Waals surface area contributed by atoms with E-state index in [1.165, 1.54) is 4.90 Å². The van der Waals surface area contributed by atoms with Crippen LogP contribution in [0.2, 0.25) is 0 Å². The van der Waals surface area contributed by atoms with Crippen LogP contribution in [-0.2, 0) is 14.4 Å². The van der Waals surface area contributed by atoms with Crippen molar-refractivity contribution >= 4 is 40.2 Å². The summed E-state index contributed by atoms with van der Waals surface area (Å²) in [6, 6.07) is 0. The lowest BCUT2D eigenvalue weighted by Gasteiger charge is -2.13. The minimum Gasteiger partial charge on any atom is -0.300 e. The van der Waals surface area contributed by atoms with Gasteiger partial charge in [0.25, 0.3) is 0 Å². The Bertz CT molecular complexity index is 304. The molecule has 1 rings (SSSR count). The smallest absolute Gasteiger partial charge is 0.242 e. The lowest BCUT2D eigenvalue weighted by Crippen LogP contribution is -2.31. The maximum atomic E-state index is 11.5. The van der Waals surface area contributed by atoms with Gasteiger partial charge in [0.2, 0.25) is 11.8 Å². The molecule has 0 N–H and O–H groups in total. The molecule has 0 aliphatic carbocycles. The molecule has 4 nitrogen and oxygen atoms in total. The van der Waals surface area contributed by atoms with Crippen molar-refractivity contribution < 1.29 is 14.4 Å². The molecule has 2 amide bonds. The summed E-state index contributed by atoms with van der Waals surface area (Å²) in [4.78, 5) is 35.0. The molecule has 90 valence electrons. The number of amides is 2. The van der Waals surface area contributed by atoms with E-state index in [1.807, 2.05) is 22.6 Å². The maximum Gasteiger partial charge on any atom is 0.242 e. The second-order valence-corrected chi connectivity index (χ2v) is 5.57. The molecule has 1 heterocycles. The molecule has 0 aromatic carbocycles. The molecule has 5 heteroatoms. The lowest BCUT2D eigenvalue weighted by atomic mass is 10.1. The number of likely N-dealkylation sites (tertiary alicyclic amines) is 1. The van der Waals surface area contributed by atoms with Gasteiger partial charge in [-0.1, -0.05) is 29.0 Å². The Morgan fingerprint density at radius 3 is 2.56 bits per heavy atom. The van der Waals surface area contributed by atoms with Gasteiger partial charge in [-0.2, -0.15) is 0 Å². The van der Waals surface area contributed by atoms with Gasteiger partial charge >= 0.3 is 0 Å². The highest BCUT2D eigenvalue weighted by Crippen LogP contribution is 2.20. The van der Waals surface area contributed by atoms with Crippen LogP contribution in [0.15, 0.2) is 0 Å². The zero-order valence-electron chi connectivity index (χ0n) is 9.37. The monoisotopic (exact) mass is 337 g/mol. The number of nitrogens with zero attached hydrogens (tertiary/aromatic N) is 1. The zero-order chi connectivity index (χ0) is 12.1. The molecule has 1 fully saturated rings. The van der Waals surface area contributed by atoms with Crippen LogP contribution < -0.4 is 0 Å². The van der Waals surface area contributed by atoms with E-state index >= 15 is 0 Å². The second kappa shape index (κ2) is 6.32. The van der Waals surface area contributed by atoms with E-state index in [1.54, 1.807) is 6.92 Å². The zero-order valence-corrected chi connectivity index (χ0v) is 11.5. The van der Waals surface area contributed by atoms with Crippen LogP contribution in [0, 0.1) is 0 Å². The number of carbonyl (C=O) groups excluding carboxylic acids is 3. The lowest BCUT2D eigenvalue weighted by molar-refractivity contribution is -0.138. The molecule has 0 radical (unpaired) electrons. The van der Waals surface area contributed by atoms with Crippen LogP contribution in [0.4, 0.5) is 0 Å². The number of hydrogen-bond donors (Lipinski definition) is 0. The third-order valence-electron chi connectivity index (χ3n) is 2.60. The van der Waals surface area contributed by atoms with E-state index in [-0.39, 0.29) is 21.5 Å². The fraction of sp³-hybridized carbons (Fsp3) is 0.727. The van der Waals surface area contributed by atoms with E-state index in [2.05, 4.69) is 0 Å². The molecule has 1 unspecified atom stereocenters. The van der Waals surface area contributed by atoms with Crippen LogP contribution >= 0.6 is 22.6 Å². The van der Waals surface area contributed by atoms with E-state index in [0.29, 0.717) is 19.4 Å². The Hall–Kier alpha value is -0.460. The number of halogens is 1. The topological polar surface area (TPSA) is 54.5 Å². The first-order valence-corrected chi connectivity index (χ1v) is 6.74. The summed E-state index contributed by atoms with van der Waals surface area (Å²) in [5.74, 6) is 0.0776. The highest BCUT2D eigenvalue weighted by atomic mass is 127. The third kappa shape index (κ3) is 3.84. The summed E-state index contributed by atoms with van der Waals surface area (Å²) in [5, 5.41) is 0. The Kier molecular flexibility index (Phi) is 5.37. The number of hydrogen-bond acceptors (Lipinski definition) is 3. The fourth-order valence-corrected chi connectivity index (χ4v) is 2.41. The highest BCUT2D eigenvalue weighted by Gasteiger charge is 2.35. The van der Waals surface area contributed by atoms with Crippen molar-refractivity contribution in [3.8, 4) is 0 Å². The molecule has 1 aliphatic rings. The molecule has 16 heavy (non-hydrogen) atoms. The van der Waals surface area contributed by atoms with Gasteiger partial charge in [0.05, 0.1) is 3.92 Å². The number of carbonyl (C=O) groups is 3. The number of ketones is 1. The van der Waals surface area contributed by atoms with E-state index in [4.69, 9.17) is 0 Å². The Morgan fingerprint density at radius 2 is 2.06 bits per heavy atom. The average Bonchev–Trinajstić information content (AvgIpc) is 2.43. The molecule has 0 saturated carbocycles. The van der Waals surface area contributed by atoms with Gasteiger partial charge < -0.3 is 4.79 Å². The van der Waals surface area contributed by atoms with Gasteiger partial charge in [0, 0.05) is 19.4 Å². The molecule has 1 saturated heterocycles.